The molecule has 0 radical (unpaired) electrons. The van der Waals surface area contributed by atoms with E-state index in [-0.39, 0.29) is 17.8 Å². The van der Waals surface area contributed by atoms with E-state index in [9.17, 15) is 9.59 Å². The number of aromatic nitrogens is 5. The lowest BCUT2D eigenvalue weighted by Crippen LogP contribution is -2.51. The minimum atomic E-state index is 0.0918. The van der Waals surface area contributed by atoms with Crippen LogP contribution in [-0.2, 0) is 9.59 Å². The van der Waals surface area contributed by atoms with Crippen LogP contribution in [0.2, 0.25) is 0 Å². The predicted octanol–water partition coefficient (Wildman–Crippen LogP) is 1.09. The Kier molecular flexibility index (Phi) is 8.54. The number of rotatable bonds is 6. The molecule has 0 bridgehead atoms. The molecule has 1 aromatic carbocycles. The van der Waals surface area contributed by atoms with Crippen LogP contribution in [0.1, 0.15) is 26.2 Å². The molecule has 3 aromatic rings. The van der Waals surface area contributed by atoms with Crippen LogP contribution in [0.5, 0.6) is 0 Å². The molecule has 0 spiro atoms. The second-order valence-corrected chi connectivity index (χ2v) is 11.3. The molecule has 3 aliphatic rings. The molecule has 3 fully saturated rings. The van der Waals surface area contributed by atoms with Gasteiger partial charge in [-0.15, -0.1) is 5.10 Å². The number of hydrogen-bond donors (Lipinski definition) is 3. The van der Waals surface area contributed by atoms with Crippen LogP contribution in [0.4, 0.5) is 29.1 Å². The van der Waals surface area contributed by atoms with E-state index in [1.165, 1.54) is 11.0 Å². The van der Waals surface area contributed by atoms with Crippen LogP contribution in [0.15, 0.2) is 36.7 Å². The average molecular weight is 589 g/mol. The first-order valence-corrected chi connectivity index (χ1v) is 15.1. The zero-order valence-corrected chi connectivity index (χ0v) is 24.7. The Hall–Kier alpha value is -4.46. The average Bonchev–Trinajstić information content (AvgIpc) is 3.23. The number of piperidine rings is 1. The van der Waals surface area contributed by atoms with Gasteiger partial charge in [0.05, 0.1) is 0 Å². The van der Waals surface area contributed by atoms with Gasteiger partial charge in [-0.05, 0) is 56.6 Å². The van der Waals surface area contributed by atoms with Gasteiger partial charge in [0.25, 0.3) is 0 Å². The molecule has 3 saturated heterocycles. The molecule has 43 heavy (non-hydrogen) atoms. The fourth-order valence-electron chi connectivity index (χ4n) is 6.03. The van der Waals surface area contributed by atoms with Gasteiger partial charge in [-0.2, -0.15) is 9.67 Å². The fourth-order valence-corrected chi connectivity index (χ4v) is 6.03. The minimum Gasteiger partial charge on any atom is -0.368 e. The highest BCUT2D eigenvalue weighted by atomic mass is 16.2. The molecular formula is C29H40N12O2. The summed E-state index contributed by atoms with van der Waals surface area (Å²) in [5, 5.41) is 11.1. The number of nitrogens with zero attached hydrogens (tertiary/aromatic N) is 9. The Morgan fingerprint density at radius 1 is 0.884 bits per heavy atom. The number of carbonyl (C=O) groups is 2. The first-order valence-electron chi connectivity index (χ1n) is 15.1. The number of amides is 2. The maximum absolute atomic E-state index is 12.9. The number of benzene rings is 1. The highest BCUT2D eigenvalue weighted by Gasteiger charge is 2.28. The quantitative estimate of drug-likeness (QED) is 0.379. The van der Waals surface area contributed by atoms with Gasteiger partial charge in [-0.3, -0.25) is 9.59 Å². The molecule has 0 unspecified atom stereocenters. The van der Waals surface area contributed by atoms with Gasteiger partial charge in [0, 0.05) is 82.6 Å². The molecule has 2 aromatic heterocycles. The number of nitrogen functional groups attached to an aromatic ring is 1. The van der Waals surface area contributed by atoms with Gasteiger partial charge in [-0.25, -0.2) is 9.97 Å². The van der Waals surface area contributed by atoms with E-state index in [0.29, 0.717) is 30.8 Å². The van der Waals surface area contributed by atoms with Crippen molar-refractivity contribution in [3.8, 4) is 5.82 Å². The zero-order valence-electron chi connectivity index (χ0n) is 24.7. The standard InChI is InChI=1S/C29H40N12O2/c1-21(42)37-11-2-12-39(16-13-37)25-19-26(33-20-32-25)41-28(30)35-29(36-41)34-23-3-5-24(6-4-23)38-14-17-40(18-15-38)27(43)22-7-9-31-10-8-22/h3-6,19-20,22,31H,2,7-18H2,1H3,(H3,30,34,35,36). The number of hydrogen-bond acceptors (Lipinski definition) is 11. The third-order valence-electron chi connectivity index (χ3n) is 8.52. The van der Waals surface area contributed by atoms with Crippen LogP contribution < -0.4 is 26.2 Å². The molecule has 0 saturated carbocycles. The largest absolute Gasteiger partial charge is 0.368 e. The first kappa shape index (κ1) is 28.6. The highest BCUT2D eigenvalue weighted by molar-refractivity contribution is 5.79. The van der Waals surface area contributed by atoms with E-state index < -0.39 is 0 Å². The van der Waals surface area contributed by atoms with E-state index >= 15 is 0 Å². The van der Waals surface area contributed by atoms with Gasteiger partial charge >= 0.3 is 0 Å². The molecule has 5 heterocycles. The Morgan fingerprint density at radius 2 is 1.58 bits per heavy atom. The summed E-state index contributed by atoms with van der Waals surface area (Å²) >= 11 is 0. The molecule has 2 amide bonds. The van der Waals surface area contributed by atoms with Gasteiger partial charge in [0.1, 0.15) is 12.1 Å². The predicted molar refractivity (Wildman–Crippen MR) is 165 cm³/mol. The molecule has 228 valence electrons. The second kappa shape index (κ2) is 12.8. The second-order valence-electron chi connectivity index (χ2n) is 11.3. The molecule has 6 rings (SSSR count). The number of anilines is 5. The Labute approximate surface area is 251 Å². The lowest BCUT2D eigenvalue weighted by atomic mass is 9.96. The normalized spacial score (nSPS) is 18.4. The van der Waals surface area contributed by atoms with E-state index in [1.807, 2.05) is 28.0 Å². The van der Waals surface area contributed by atoms with Crippen molar-refractivity contribution in [2.24, 2.45) is 5.92 Å². The lowest BCUT2D eigenvalue weighted by molar-refractivity contribution is -0.136. The molecule has 3 aliphatic heterocycles. The van der Waals surface area contributed by atoms with Crippen LogP contribution in [-0.4, -0.2) is 112 Å². The monoisotopic (exact) mass is 588 g/mol. The number of nitrogens with two attached hydrogens (primary N) is 1. The minimum absolute atomic E-state index is 0.0918. The number of carbonyl (C=O) groups excluding carboxylic acids is 2. The van der Waals surface area contributed by atoms with Gasteiger partial charge in [-0.1, -0.05) is 0 Å². The van der Waals surface area contributed by atoms with Crippen molar-refractivity contribution in [3.05, 3.63) is 36.7 Å². The van der Waals surface area contributed by atoms with E-state index in [0.717, 1.165) is 88.8 Å². The van der Waals surface area contributed by atoms with Crippen molar-refractivity contribution < 1.29 is 9.59 Å². The number of nitrogens with one attached hydrogen (secondary N) is 2. The summed E-state index contributed by atoms with van der Waals surface area (Å²) < 4.78 is 1.49. The fraction of sp³-hybridized carbons (Fsp3) is 0.517. The Bertz CT molecular complexity index is 1410. The van der Waals surface area contributed by atoms with Crippen LogP contribution in [0, 0.1) is 5.92 Å². The van der Waals surface area contributed by atoms with E-state index in [2.05, 4.69) is 52.6 Å². The maximum atomic E-state index is 12.9. The summed E-state index contributed by atoms with van der Waals surface area (Å²) in [5.74, 6) is 2.42. The summed E-state index contributed by atoms with van der Waals surface area (Å²) in [4.78, 5) is 46.3. The summed E-state index contributed by atoms with van der Waals surface area (Å²) in [6, 6.07) is 9.96. The van der Waals surface area contributed by atoms with Crippen molar-refractivity contribution in [1.29, 1.82) is 0 Å². The Balaban J connectivity index is 1.06. The third kappa shape index (κ3) is 6.63. The Morgan fingerprint density at radius 3 is 2.33 bits per heavy atom. The van der Waals surface area contributed by atoms with E-state index in [1.54, 1.807) is 6.92 Å². The van der Waals surface area contributed by atoms with Crippen LogP contribution in [0.25, 0.3) is 5.82 Å². The van der Waals surface area contributed by atoms with E-state index in [4.69, 9.17) is 5.73 Å². The maximum Gasteiger partial charge on any atom is 0.248 e. The molecule has 0 atom stereocenters. The van der Waals surface area contributed by atoms with Gasteiger partial charge < -0.3 is 36.0 Å². The molecule has 14 nitrogen and oxygen atoms in total. The molecule has 0 aliphatic carbocycles. The van der Waals surface area contributed by atoms with Crippen molar-refractivity contribution in [2.45, 2.75) is 26.2 Å². The van der Waals surface area contributed by atoms with Crippen molar-refractivity contribution >= 4 is 40.9 Å². The third-order valence-corrected chi connectivity index (χ3v) is 8.52. The SMILES string of the molecule is CC(=O)N1CCCN(c2cc(-n3nc(Nc4ccc(N5CCN(C(=O)C6CCNCC6)CC5)cc4)nc3N)ncn2)CC1. The lowest BCUT2D eigenvalue weighted by Gasteiger charge is -2.38. The number of piperazine rings is 1. The molecular weight excluding hydrogens is 548 g/mol. The summed E-state index contributed by atoms with van der Waals surface area (Å²) in [5.41, 5.74) is 8.18. The van der Waals surface area contributed by atoms with Crippen LogP contribution in [0.3, 0.4) is 0 Å². The van der Waals surface area contributed by atoms with Crippen LogP contribution >= 0.6 is 0 Å². The highest BCUT2D eigenvalue weighted by Crippen LogP contribution is 2.24. The smallest absolute Gasteiger partial charge is 0.248 e. The topological polar surface area (TPSA) is 154 Å². The van der Waals surface area contributed by atoms with Gasteiger partial charge in [0.15, 0.2) is 5.82 Å². The van der Waals surface area contributed by atoms with Crippen molar-refractivity contribution in [3.63, 3.8) is 0 Å². The molecule has 4 N–H and O–H groups in total. The van der Waals surface area contributed by atoms with Crippen molar-refractivity contribution in [2.75, 3.05) is 86.3 Å². The summed E-state index contributed by atoms with van der Waals surface area (Å²) in [6.07, 6.45) is 4.24. The summed E-state index contributed by atoms with van der Waals surface area (Å²) in [6.45, 7) is 9.50. The van der Waals surface area contributed by atoms with Gasteiger partial charge in [0.2, 0.25) is 23.7 Å². The molecule has 14 heteroatoms. The van der Waals surface area contributed by atoms with Crippen molar-refractivity contribution in [1.82, 2.24) is 39.8 Å². The zero-order chi connectivity index (χ0) is 29.8. The summed E-state index contributed by atoms with van der Waals surface area (Å²) in [7, 11) is 0. The first-order chi connectivity index (χ1) is 20.9.